The average molecular weight is 528 g/mol. The second kappa shape index (κ2) is 8.19. The van der Waals surface area contributed by atoms with Crippen LogP contribution in [0, 0.1) is 17.7 Å². The van der Waals surface area contributed by atoms with Gasteiger partial charge in [0, 0.05) is 12.1 Å². The van der Waals surface area contributed by atoms with E-state index in [-0.39, 0.29) is 17.7 Å². The average Bonchev–Trinajstić information content (AvgIpc) is 3.52. The molecule has 2 unspecified atom stereocenters. The summed E-state index contributed by atoms with van der Waals surface area (Å²) in [7, 11) is 0. The van der Waals surface area contributed by atoms with Crippen molar-refractivity contribution in [1.82, 2.24) is 9.97 Å². The molecule has 194 valence electrons. The number of fused-ring (bicyclic) bond motifs is 1. The Morgan fingerprint density at radius 3 is 2.20 bits per heavy atom. The lowest BCUT2D eigenvalue weighted by Gasteiger charge is -2.52. The van der Waals surface area contributed by atoms with E-state index in [1.807, 2.05) is 72.8 Å². The van der Waals surface area contributed by atoms with Crippen LogP contribution in [0.3, 0.4) is 0 Å². The number of carbonyl (C=O) groups is 2. The number of imide groups is 1. The number of hydrogen-bond acceptors (Lipinski definition) is 5. The minimum atomic E-state index is -1.01. The molecule has 9 rings (SSSR count). The second-order valence-electron chi connectivity index (χ2n) is 10.5. The summed E-state index contributed by atoms with van der Waals surface area (Å²) in [6.45, 7) is 0. The number of hydrogen-bond donors (Lipinski definition) is 2. The standard InChI is InChI=1S/C32H22FN5O2/c33-18-13-15-19(16-14-18)38-29(39)27-26-20-7-1-3-9-22(20)32(28(27)30(38)40,23-10-4-2-8-21(23)26)17-34-37-31-35-24-11-5-6-12-25(24)36-31/h1-17,26-28H,(H2,35,36,37). The predicted molar refractivity (Wildman–Crippen MR) is 150 cm³/mol. The van der Waals surface area contributed by atoms with Crippen molar-refractivity contribution < 1.29 is 14.0 Å². The first-order valence-electron chi connectivity index (χ1n) is 13.1. The third-order valence-corrected chi connectivity index (χ3v) is 8.60. The highest BCUT2D eigenvalue weighted by Gasteiger charge is 2.68. The lowest BCUT2D eigenvalue weighted by molar-refractivity contribution is -0.122. The quantitative estimate of drug-likeness (QED) is 0.187. The van der Waals surface area contributed by atoms with Crippen molar-refractivity contribution in [2.45, 2.75) is 11.3 Å². The van der Waals surface area contributed by atoms with Crippen LogP contribution in [0.25, 0.3) is 11.0 Å². The van der Waals surface area contributed by atoms with Crippen LogP contribution in [-0.2, 0) is 15.0 Å². The first-order valence-corrected chi connectivity index (χ1v) is 13.1. The monoisotopic (exact) mass is 527 g/mol. The van der Waals surface area contributed by atoms with Crippen LogP contribution in [0.2, 0.25) is 0 Å². The summed E-state index contributed by atoms with van der Waals surface area (Å²) in [5, 5.41) is 4.65. The van der Waals surface area contributed by atoms with Crippen LogP contribution in [0.5, 0.6) is 0 Å². The number of imidazole rings is 1. The van der Waals surface area contributed by atoms with E-state index < -0.39 is 23.1 Å². The maximum atomic E-state index is 14.3. The van der Waals surface area contributed by atoms with Gasteiger partial charge in [-0.15, -0.1) is 0 Å². The summed E-state index contributed by atoms with van der Waals surface area (Å²) < 4.78 is 13.7. The van der Waals surface area contributed by atoms with E-state index in [1.54, 1.807) is 6.21 Å². The first kappa shape index (κ1) is 22.8. The summed E-state index contributed by atoms with van der Waals surface area (Å²) in [6, 6.07) is 29.2. The molecule has 2 amide bonds. The van der Waals surface area contributed by atoms with E-state index in [1.165, 1.54) is 29.2 Å². The maximum Gasteiger partial charge on any atom is 0.239 e. The Bertz CT molecular complexity index is 1800. The van der Waals surface area contributed by atoms with Crippen LogP contribution in [-0.4, -0.2) is 28.0 Å². The van der Waals surface area contributed by atoms with Gasteiger partial charge in [-0.05, 0) is 58.7 Å². The van der Waals surface area contributed by atoms with Crippen molar-refractivity contribution in [3.8, 4) is 0 Å². The summed E-state index contributed by atoms with van der Waals surface area (Å²) >= 11 is 0. The smallest absolute Gasteiger partial charge is 0.239 e. The molecule has 2 heterocycles. The van der Waals surface area contributed by atoms with Gasteiger partial charge in [-0.2, -0.15) is 5.10 Å². The van der Waals surface area contributed by atoms with E-state index >= 15 is 0 Å². The number of nitrogens with one attached hydrogen (secondary N) is 2. The molecule has 2 N–H and O–H groups in total. The molecule has 1 aliphatic heterocycles. The van der Waals surface area contributed by atoms with Gasteiger partial charge in [0.1, 0.15) is 5.82 Å². The summed E-state index contributed by atoms with van der Waals surface area (Å²) in [6.07, 6.45) is 1.77. The summed E-state index contributed by atoms with van der Waals surface area (Å²) in [4.78, 5) is 37.4. The molecular weight excluding hydrogens is 505 g/mol. The molecule has 2 atom stereocenters. The number of para-hydroxylation sites is 2. The molecule has 1 aromatic heterocycles. The maximum absolute atomic E-state index is 14.3. The van der Waals surface area contributed by atoms with Crippen molar-refractivity contribution in [3.63, 3.8) is 0 Å². The minimum Gasteiger partial charge on any atom is -0.323 e. The number of H-pyrrole nitrogens is 1. The summed E-state index contributed by atoms with van der Waals surface area (Å²) in [5.41, 5.74) is 8.00. The van der Waals surface area contributed by atoms with Crippen LogP contribution >= 0.6 is 0 Å². The number of aromatic nitrogens is 2. The Morgan fingerprint density at radius 2 is 1.50 bits per heavy atom. The number of benzene rings is 4. The fraction of sp³-hybridized carbons (Fsp3) is 0.125. The van der Waals surface area contributed by atoms with Crippen LogP contribution < -0.4 is 10.3 Å². The molecule has 4 aromatic carbocycles. The Balaban J connectivity index is 1.32. The number of carbonyl (C=O) groups excluding carboxylic acids is 2. The highest BCUT2D eigenvalue weighted by Crippen LogP contribution is 2.63. The van der Waals surface area contributed by atoms with E-state index in [4.69, 9.17) is 0 Å². The first-order chi connectivity index (χ1) is 19.6. The Hall–Kier alpha value is -5.11. The molecule has 5 aromatic rings. The van der Waals surface area contributed by atoms with Crippen molar-refractivity contribution in [2.24, 2.45) is 16.9 Å². The number of aromatic amines is 1. The highest BCUT2D eigenvalue weighted by atomic mass is 19.1. The molecule has 1 fully saturated rings. The van der Waals surface area contributed by atoms with Crippen molar-refractivity contribution in [1.29, 1.82) is 0 Å². The number of nitrogens with zero attached hydrogens (tertiary/aromatic N) is 3. The number of rotatable bonds is 4. The number of amides is 2. The normalized spacial score (nSPS) is 24.4. The Morgan fingerprint density at radius 1 is 0.850 bits per heavy atom. The van der Waals surface area contributed by atoms with E-state index in [0.29, 0.717) is 11.6 Å². The van der Waals surface area contributed by atoms with Gasteiger partial charge in [0.15, 0.2) is 0 Å². The Kier molecular flexibility index (Phi) is 4.68. The second-order valence-corrected chi connectivity index (χ2v) is 10.5. The van der Waals surface area contributed by atoms with Gasteiger partial charge in [-0.1, -0.05) is 60.7 Å². The van der Waals surface area contributed by atoms with Crippen molar-refractivity contribution in [3.05, 3.63) is 125 Å². The number of halogens is 1. The molecular formula is C32H22FN5O2. The predicted octanol–water partition coefficient (Wildman–Crippen LogP) is 5.35. The van der Waals surface area contributed by atoms with Crippen molar-refractivity contribution in [2.75, 3.05) is 10.3 Å². The van der Waals surface area contributed by atoms with Crippen LogP contribution in [0.15, 0.2) is 102 Å². The minimum absolute atomic E-state index is 0.279. The van der Waals surface area contributed by atoms with Gasteiger partial charge in [-0.3, -0.25) is 9.59 Å². The van der Waals surface area contributed by atoms with E-state index in [0.717, 1.165) is 33.3 Å². The van der Waals surface area contributed by atoms with Gasteiger partial charge in [-0.25, -0.2) is 19.7 Å². The van der Waals surface area contributed by atoms with Gasteiger partial charge in [0.05, 0.1) is 34.0 Å². The van der Waals surface area contributed by atoms with Gasteiger partial charge in [0.25, 0.3) is 0 Å². The van der Waals surface area contributed by atoms with Gasteiger partial charge >= 0.3 is 0 Å². The van der Waals surface area contributed by atoms with Gasteiger partial charge in [0.2, 0.25) is 17.8 Å². The zero-order valence-corrected chi connectivity index (χ0v) is 21.1. The fourth-order valence-corrected chi connectivity index (χ4v) is 7.10. The molecule has 0 saturated carbocycles. The largest absolute Gasteiger partial charge is 0.323 e. The zero-order valence-electron chi connectivity index (χ0n) is 21.1. The molecule has 3 aliphatic carbocycles. The van der Waals surface area contributed by atoms with E-state index in [9.17, 15) is 14.0 Å². The molecule has 7 nitrogen and oxygen atoms in total. The fourth-order valence-electron chi connectivity index (χ4n) is 7.10. The number of hydrazone groups is 1. The Labute approximate surface area is 228 Å². The molecule has 1 saturated heterocycles. The molecule has 0 radical (unpaired) electrons. The molecule has 0 spiro atoms. The molecule has 8 heteroatoms. The highest BCUT2D eigenvalue weighted by molar-refractivity contribution is 6.25. The third kappa shape index (κ3) is 2.93. The molecule has 2 bridgehead atoms. The van der Waals surface area contributed by atoms with E-state index in [2.05, 4.69) is 20.5 Å². The summed E-state index contributed by atoms with van der Waals surface area (Å²) in [5.74, 6) is -2.18. The zero-order chi connectivity index (χ0) is 27.0. The van der Waals surface area contributed by atoms with Crippen LogP contribution in [0.4, 0.5) is 16.0 Å². The lowest BCUT2D eigenvalue weighted by atomic mass is 9.47. The van der Waals surface area contributed by atoms with Gasteiger partial charge < -0.3 is 4.98 Å². The van der Waals surface area contributed by atoms with Crippen LogP contribution in [0.1, 0.15) is 28.2 Å². The lowest BCUT2D eigenvalue weighted by Crippen LogP contribution is -2.54. The SMILES string of the molecule is O=C1C2C3c4ccccc4C(C=NNc4nc5ccccc5[nH]4)(c4ccccc43)C2C(=O)N1c1ccc(F)cc1. The van der Waals surface area contributed by atoms with Crippen molar-refractivity contribution >= 4 is 40.7 Å². The molecule has 4 aliphatic rings. The third-order valence-electron chi connectivity index (χ3n) is 8.60. The molecule has 40 heavy (non-hydrogen) atoms. The topological polar surface area (TPSA) is 90.5 Å². The number of anilines is 2.